The summed E-state index contributed by atoms with van der Waals surface area (Å²) in [7, 11) is 0. The maximum Gasteiger partial charge on any atom is 0.205 e. The van der Waals surface area contributed by atoms with Crippen molar-refractivity contribution in [3.05, 3.63) is 81.8 Å². The molecule has 1 atom stereocenters. The van der Waals surface area contributed by atoms with Gasteiger partial charge in [-0.05, 0) is 24.6 Å². The number of aromatic nitrogens is 1. The molecule has 2 aromatic carbocycles. The van der Waals surface area contributed by atoms with Crippen molar-refractivity contribution in [1.82, 2.24) is 4.98 Å². The molecule has 0 bridgehead atoms. The SMILES string of the molecule is Cc1ccc2ccc3c(c2n1)OC(N)=C(C#N)C3c1ccccc1Cl. The molecule has 4 nitrogen and oxygen atoms in total. The molecule has 0 spiro atoms. The number of nitriles is 1. The molecular formula is C20H14ClN3O. The fourth-order valence-electron chi connectivity index (χ4n) is 3.22. The molecule has 0 fully saturated rings. The van der Waals surface area contributed by atoms with Gasteiger partial charge in [0.05, 0.1) is 5.92 Å². The minimum Gasteiger partial charge on any atom is -0.438 e. The second-order valence-electron chi connectivity index (χ2n) is 5.95. The van der Waals surface area contributed by atoms with Gasteiger partial charge in [-0.1, -0.05) is 48.0 Å². The zero-order chi connectivity index (χ0) is 17.6. The lowest BCUT2D eigenvalue weighted by Gasteiger charge is -2.27. The zero-order valence-electron chi connectivity index (χ0n) is 13.5. The van der Waals surface area contributed by atoms with Crippen LogP contribution >= 0.6 is 11.6 Å². The van der Waals surface area contributed by atoms with Gasteiger partial charge >= 0.3 is 0 Å². The van der Waals surface area contributed by atoms with E-state index in [0.29, 0.717) is 16.3 Å². The molecule has 0 radical (unpaired) electrons. The Morgan fingerprint density at radius 2 is 1.88 bits per heavy atom. The van der Waals surface area contributed by atoms with Gasteiger partial charge in [0.2, 0.25) is 5.88 Å². The van der Waals surface area contributed by atoms with Gasteiger partial charge in [-0.3, -0.25) is 0 Å². The Balaban J connectivity index is 2.05. The van der Waals surface area contributed by atoms with Crippen LogP contribution in [0.15, 0.2) is 60.0 Å². The first-order chi connectivity index (χ1) is 12.1. The Morgan fingerprint density at radius 3 is 2.64 bits per heavy atom. The van der Waals surface area contributed by atoms with Crippen LogP contribution in [0.3, 0.4) is 0 Å². The molecule has 3 aromatic rings. The normalized spacial score (nSPS) is 16.3. The summed E-state index contributed by atoms with van der Waals surface area (Å²) in [5, 5.41) is 11.2. The van der Waals surface area contributed by atoms with Gasteiger partial charge in [0, 0.05) is 21.7 Å². The van der Waals surface area contributed by atoms with Gasteiger partial charge < -0.3 is 10.5 Å². The van der Waals surface area contributed by atoms with E-state index in [-0.39, 0.29) is 11.8 Å². The number of nitrogens with two attached hydrogens (primary N) is 1. The first-order valence-electron chi connectivity index (χ1n) is 7.82. The topological polar surface area (TPSA) is 71.9 Å². The monoisotopic (exact) mass is 347 g/mol. The first-order valence-corrected chi connectivity index (χ1v) is 8.20. The Labute approximate surface area is 150 Å². The third-order valence-electron chi connectivity index (χ3n) is 4.40. The van der Waals surface area contributed by atoms with E-state index in [1.54, 1.807) is 6.07 Å². The van der Waals surface area contributed by atoms with Crippen molar-refractivity contribution in [3.8, 4) is 11.8 Å². The Morgan fingerprint density at radius 1 is 1.12 bits per heavy atom. The van der Waals surface area contributed by atoms with Gasteiger partial charge in [0.1, 0.15) is 17.2 Å². The summed E-state index contributed by atoms with van der Waals surface area (Å²) >= 11 is 6.41. The van der Waals surface area contributed by atoms with Crippen molar-refractivity contribution < 1.29 is 4.74 Å². The minimum absolute atomic E-state index is 0.0933. The van der Waals surface area contributed by atoms with Crippen LogP contribution in [0.25, 0.3) is 10.9 Å². The van der Waals surface area contributed by atoms with E-state index < -0.39 is 0 Å². The van der Waals surface area contributed by atoms with E-state index in [2.05, 4.69) is 11.1 Å². The Bertz CT molecular complexity index is 1080. The molecule has 1 aromatic heterocycles. The molecule has 1 unspecified atom stereocenters. The van der Waals surface area contributed by atoms with Gasteiger partial charge in [-0.25, -0.2) is 4.98 Å². The quantitative estimate of drug-likeness (QED) is 0.707. The summed E-state index contributed by atoms with van der Waals surface area (Å²) in [5.41, 5.74) is 9.70. The zero-order valence-corrected chi connectivity index (χ0v) is 14.2. The highest BCUT2D eigenvalue weighted by atomic mass is 35.5. The van der Waals surface area contributed by atoms with Crippen LogP contribution in [0.2, 0.25) is 5.02 Å². The number of rotatable bonds is 1. The molecule has 1 aliphatic heterocycles. The average molecular weight is 348 g/mol. The highest BCUT2D eigenvalue weighted by molar-refractivity contribution is 6.31. The molecule has 25 heavy (non-hydrogen) atoms. The van der Waals surface area contributed by atoms with Crippen molar-refractivity contribution in [2.75, 3.05) is 0 Å². The predicted octanol–water partition coefficient (Wildman–Crippen LogP) is 4.41. The molecule has 0 saturated carbocycles. The van der Waals surface area contributed by atoms with E-state index in [9.17, 15) is 5.26 Å². The van der Waals surface area contributed by atoms with Crippen LogP contribution < -0.4 is 10.5 Å². The van der Waals surface area contributed by atoms with E-state index in [1.807, 2.05) is 49.4 Å². The smallest absolute Gasteiger partial charge is 0.205 e. The maximum absolute atomic E-state index is 9.64. The van der Waals surface area contributed by atoms with Gasteiger partial charge in [0.25, 0.3) is 0 Å². The number of pyridine rings is 1. The summed E-state index contributed by atoms with van der Waals surface area (Å²) in [6, 6.07) is 17.5. The van der Waals surface area contributed by atoms with Crippen molar-refractivity contribution in [3.63, 3.8) is 0 Å². The van der Waals surface area contributed by atoms with E-state index in [1.165, 1.54) is 0 Å². The second-order valence-corrected chi connectivity index (χ2v) is 6.36. The molecule has 122 valence electrons. The highest BCUT2D eigenvalue weighted by Gasteiger charge is 2.33. The van der Waals surface area contributed by atoms with E-state index >= 15 is 0 Å². The molecule has 0 saturated heterocycles. The van der Waals surface area contributed by atoms with Crippen LogP contribution in [-0.4, -0.2) is 4.98 Å². The van der Waals surface area contributed by atoms with Gasteiger partial charge in [-0.2, -0.15) is 5.26 Å². The number of allylic oxidation sites excluding steroid dienone is 1. The van der Waals surface area contributed by atoms with Gasteiger partial charge in [-0.15, -0.1) is 0 Å². The summed E-state index contributed by atoms with van der Waals surface area (Å²) in [4.78, 5) is 4.61. The second kappa shape index (κ2) is 5.80. The van der Waals surface area contributed by atoms with E-state index in [0.717, 1.165) is 27.7 Å². The summed E-state index contributed by atoms with van der Waals surface area (Å²) in [5.74, 6) is 0.299. The largest absolute Gasteiger partial charge is 0.438 e. The van der Waals surface area contributed by atoms with Crippen molar-refractivity contribution in [2.24, 2.45) is 5.73 Å². The molecule has 0 amide bonds. The number of nitrogens with zero attached hydrogens (tertiary/aromatic N) is 2. The molecule has 1 aliphatic rings. The summed E-state index contributed by atoms with van der Waals surface area (Å²) in [6.45, 7) is 1.92. The predicted molar refractivity (Wildman–Crippen MR) is 97.2 cm³/mol. The molecule has 0 aliphatic carbocycles. The van der Waals surface area contributed by atoms with Crippen LogP contribution in [0.4, 0.5) is 0 Å². The highest BCUT2D eigenvalue weighted by Crippen LogP contribution is 2.46. The lowest BCUT2D eigenvalue weighted by atomic mass is 9.83. The standard InChI is InChI=1S/C20H14ClN3O/c1-11-6-7-12-8-9-14-17(13-4-2-3-5-16(13)21)15(10-22)20(23)25-19(14)18(12)24-11/h2-9,17H,23H2,1H3. The number of fused-ring (bicyclic) bond motifs is 3. The summed E-state index contributed by atoms with van der Waals surface area (Å²) < 4.78 is 5.82. The van der Waals surface area contributed by atoms with Crippen LogP contribution in [0.5, 0.6) is 5.75 Å². The third-order valence-corrected chi connectivity index (χ3v) is 4.74. The average Bonchev–Trinajstić information content (AvgIpc) is 2.61. The fourth-order valence-corrected chi connectivity index (χ4v) is 3.47. The number of benzene rings is 2. The third kappa shape index (κ3) is 2.41. The van der Waals surface area contributed by atoms with Crippen LogP contribution in [0.1, 0.15) is 22.7 Å². The molecular weight excluding hydrogens is 334 g/mol. The number of halogens is 1. The first kappa shape index (κ1) is 15.5. The van der Waals surface area contributed by atoms with Crippen molar-refractivity contribution in [2.45, 2.75) is 12.8 Å². The van der Waals surface area contributed by atoms with Crippen LogP contribution in [0, 0.1) is 18.3 Å². The molecule has 2 N–H and O–H groups in total. The maximum atomic E-state index is 9.64. The number of hydrogen-bond acceptors (Lipinski definition) is 4. The van der Waals surface area contributed by atoms with Crippen LogP contribution in [-0.2, 0) is 0 Å². The minimum atomic E-state index is -0.380. The number of aryl methyl sites for hydroxylation is 1. The fraction of sp³-hybridized carbons (Fsp3) is 0.100. The van der Waals surface area contributed by atoms with Gasteiger partial charge in [0.15, 0.2) is 5.75 Å². The van der Waals surface area contributed by atoms with Crippen molar-refractivity contribution >= 4 is 22.5 Å². The lowest BCUT2D eigenvalue weighted by molar-refractivity contribution is 0.397. The number of hydrogen-bond donors (Lipinski definition) is 1. The lowest BCUT2D eigenvalue weighted by Crippen LogP contribution is -2.21. The Kier molecular flexibility index (Phi) is 3.60. The molecule has 5 heteroatoms. The Hall–Kier alpha value is -3.03. The van der Waals surface area contributed by atoms with E-state index in [4.69, 9.17) is 22.1 Å². The number of ether oxygens (including phenoxy) is 1. The van der Waals surface area contributed by atoms with Crippen molar-refractivity contribution in [1.29, 1.82) is 5.26 Å². The summed E-state index contributed by atoms with van der Waals surface area (Å²) in [6.07, 6.45) is 0. The molecule has 2 heterocycles. The molecule has 4 rings (SSSR count).